The van der Waals surface area contributed by atoms with Gasteiger partial charge in [0, 0.05) is 5.41 Å². The summed E-state index contributed by atoms with van der Waals surface area (Å²) in [6.07, 6.45) is 0.597. The van der Waals surface area contributed by atoms with E-state index >= 15 is 0 Å². The minimum Gasteiger partial charge on any atom is -0.396 e. The lowest BCUT2D eigenvalue weighted by atomic mass is 9.89. The van der Waals surface area contributed by atoms with Gasteiger partial charge in [0.25, 0.3) is 0 Å². The predicted molar refractivity (Wildman–Crippen MR) is 45.0 cm³/mol. The largest absolute Gasteiger partial charge is 0.396 e. The van der Waals surface area contributed by atoms with Crippen molar-refractivity contribution in [3.8, 4) is 0 Å². The van der Waals surface area contributed by atoms with Gasteiger partial charge >= 0.3 is 0 Å². The van der Waals surface area contributed by atoms with E-state index in [9.17, 15) is 0 Å². The van der Waals surface area contributed by atoms with Crippen molar-refractivity contribution in [2.45, 2.75) is 13.3 Å². The second kappa shape index (κ2) is 4.11. The zero-order valence-corrected chi connectivity index (χ0v) is 7.69. The van der Waals surface area contributed by atoms with Gasteiger partial charge in [-0.15, -0.1) is 0 Å². The van der Waals surface area contributed by atoms with Gasteiger partial charge in [-0.1, -0.05) is 29.4 Å². The highest BCUT2D eigenvalue weighted by Crippen LogP contribution is 2.26. The lowest BCUT2D eigenvalue weighted by Gasteiger charge is -2.23. The van der Waals surface area contributed by atoms with Crippen LogP contribution in [0.1, 0.15) is 13.3 Å². The van der Waals surface area contributed by atoms with Crippen molar-refractivity contribution >= 4 is 15.9 Å². The van der Waals surface area contributed by atoms with E-state index in [2.05, 4.69) is 22.5 Å². The third-order valence-electron chi connectivity index (χ3n) is 1.38. The highest BCUT2D eigenvalue weighted by atomic mass is 79.9. The fourth-order valence-electron chi connectivity index (χ4n) is 0.625. The molecule has 0 saturated carbocycles. The van der Waals surface area contributed by atoms with Gasteiger partial charge in [0.2, 0.25) is 0 Å². The smallest absolute Gasteiger partial charge is 0.0510 e. The summed E-state index contributed by atoms with van der Waals surface area (Å²) in [5.41, 5.74) is -0.430. The Morgan fingerprint density at radius 1 is 1.50 bits per heavy atom. The summed E-state index contributed by atoms with van der Waals surface area (Å²) in [5, 5.41) is 17.6. The van der Waals surface area contributed by atoms with Gasteiger partial charge in [-0.25, -0.2) is 0 Å². The normalized spacial score (nSPS) is 11.6. The zero-order valence-electron chi connectivity index (χ0n) is 6.10. The minimum atomic E-state index is -0.430. The summed E-state index contributed by atoms with van der Waals surface area (Å²) in [6, 6.07) is 0. The number of hydrogen-bond donors (Lipinski definition) is 2. The molecular formula is C7H13BrO2. The fraction of sp³-hybridized carbons (Fsp3) is 0.714. The van der Waals surface area contributed by atoms with Crippen LogP contribution in [-0.2, 0) is 0 Å². The monoisotopic (exact) mass is 208 g/mol. The molecule has 0 aliphatic carbocycles. The van der Waals surface area contributed by atoms with Crippen LogP contribution in [0.15, 0.2) is 11.1 Å². The SMILES string of the molecule is C=C(Br)CC(C)(CO)CO. The Bertz CT molecular complexity index is 119. The molecule has 0 amide bonds. The van der Waals surface area contributed by atoms with Gasteiger partial charge in [0.15, 0.2) is 0 Å². The summed E-state index contributed by atoms with van der Waals surface area (Å²) in [5.74, 6) is 0. The molecule has 0 heterocycles. The van der Waals surface area contributed by atoms with Gasteiger partial charge in [0.1, 0.15) is 0 Å². The Labute approximate surface area is 69.7 Å². The maximum Gasteiger partial charge on any atom is 0.0510 e. The highest BCUT2D eigenvalue weighted by molar-refractivity contribution is 9.11. The van der Waals surface area contributed by atoms with Crippen molar-refractivity contribution in [2.75, 3.05) is 13.2 Å². The molecule has 3 heteroatoms. The van der Waals surface area contributed by atoms with Gasteiger partial charge in [-0.2, -0.15) is 0 Å². The van der Waals surface area contributed by atoms with E-state index in [4.69, 9.17) is 10.2 Å². The minimum absolute atomic E-state index is 0.0197. The summed E-state index contributed by atoms with van der Waals surface area (Å²) in [4.78, 5) is 0. The molecule has 0 aromatic heterocycles. The van der Waals surface area contributed by atoms with E-state index in [1.54, 1.807) is 6.92 Å². The highest BCUT2D eigenvalue weighted by Gasteiger charge is 2.22. The second-order valence-electron chi connectivity index (χ2n) is 2.82. The van der Waals surface area contributed by atoms with Crippen LogP contribution in [-0.4, -0.2) is 23.4 Å². The van der Waals surface area contributed by atoms with Crippen LogP contribution in [0.5, 0.6) is 0 Å². The molecule has 0 aromatic carbocycles. The molecule has 2 N–H and O–H groups in total. The topological polar surface area (TPSA) is 40.5 Å². The average Bonchev–Trinajstić information content (AvgIpc) is 1.87. The number of rotatable bonds is 4. The van der Waals surface area contributed by atoms with Crippen molar-refractivity contribution < 1.29 is 10.2 Å². The van der Waals surface area contributed by atoms with Crippen molar-refractivity contribution in [1.82, 2.24) is 0 Å². The van der Waals surface area contributed by atoms with Gasteiger partial charge in [0.05, 0.1) is 13.2 Å². The number of hydrogen-bond acceptors (Lipinski definition) is 2. The van der Waals surface area contributed by atoms with E-state index in [-0.39, 0.29) is 13.2 Å². The predicted octanol–water partition coefficient (Wildman–Crippen LogP) is 1.28. The Kier molecular flexibility index (Phi) is 4.17. The van der Waals surface area contributed by atoms with Crippen LogP contribution in [0.3, 0.4) is 0 Å². The van der Waals surface area contributed by atoms with E-state index in [1.165, 1.54) is 0 Å². The van der Waals surface area contributed by atoms with E-state index < -0.39 is 5.41 Å². The maximum absolute atomic E-state index is 8.81. The molecule has 0 unspecified atom stereocenters. The quantitative estimate of drug-likeness (QED) is 0.732. The molecular weight excluding hydrogens is 196 g/mol. The molecule has 0 fully saturated rings. The zero-order chi connectivity index (χ0) is 8.20. The Hall–Kier alpha value is 0.140. The molecule has 0 aromatic rings. The Balaban J connectivity index is 3.92. The van der Waals surface area contributed by atoms with Gasteiger partial charge < -0.3 is 10.2 Å². The number of aliphatic hydroxyl groups is 2. The third kappa shape index (κ3) is 3.34. The Morgan fingerprint density at radius 2 is 1.90 bits per heavy atom. The molecule has 0 bridgehead atoms. The standard InChI is InChI=1S/C7H13BrO2/c1-6(8)3-7(2,4-9)5-10/h9-10H,1,3-5H2,2H3. The molecule has 0 saturated heterocycles. The van der Waals surface area contributed by atoms with Crippen LogP contribution in [0, 0.1) is 5.41 Å². The molecule has 10 heavy (non-hydrogen) atoms. The fourth-order valence-corrected chi connectivity index (χ4v) is 1.30. The molecule has 0 spiro atoms. The first-order chi connectivity index (χ1) is 4.54. The first-order valence-electron chi connectivity index (χ1n) is 3.09. The summed E-state index contributed by atoms with van der Waals surface area (Å²) in [6.45, 7) is 5.40. The Morgan fingerprint density at radius 3 is 2.00 bits per heavy atom. The van der Waals surface area contributed by atoms with Crippen molar-refractivity contribution in [3.05, 3.63) is 11.1 Å². The summed E-state index contributed by atoms with van der Waals surface area (Å²) in [7, 11) is 0. The second-order valence-corrected chi connectivity index (χ2v) is 3.94. The van der Waals surface area contributed by atoms with Crippen molar-refractivity contribution in [1.29, 1.82) is 0 Å². The number of halogens is 1. The maximum atomic E-state index is 8.81. The summed E-state index contributed by atoms with van der Waals surface area (Å²) >= 11 is 3.18. The van der Waals surface area contributed by atoms with Crippen molar-refractivity contribution in [3.63, 3.8) is 0 Å². The van der Waals surface area contributed by atoms with Crippen LogP contribution in [0.4, 0.5) is 0 Å². The molecule has 0 rings (SSSR count). The van der Waals surface area contributed by atoms with Crippen molar-refractivity contribution in [2.24, 2.45) is 5.41 Å². The molecule has 0 aliphatic heterocycles. The number of aliphatic hydroxyl groups excluding tert-OH is 2. The first-order valence-corrected chi connectivity index (χ1v) is 3.88. The number of allylic oxidation sites excluding steroid dienone is 1. The average molecular weight is 209 g/mol. The molecule has 0 aliphatic rings. The van der Waals surface area contributed by atoms with Crippen LogP contribution < -0.4 is 0 Å². The van der Waals surface area contributed by atoms with Crippen LogP contribution in [0.2, 0.25) is 0 Å². The van der Waals surface area contributed by atoms with E-state index in [1.807, 2.05) is 0 Å². The van der Waals surface area contributed by atoms with Crippen LogP contribution in [0.25, 0.3) is 0 Å². The lowest BCUT2D eigenvalue weighted by molar-refractivity contribution is 0.0721. The van der Waals surface area contributed by atoms with Crippen LogP contribution >= 0.6 is 15.9 Å². The molecule has 0 atom stereocenters. The van der Waals surface area contributed by atoms with E-state index in [0.29, 0.717) is 6.42 Å². The lowest BCUT2D eigenvalue weighted by Crippen LogP contribution is -2.25. The third-order valence-corrected chi connectivity index (χ3v) is 1.66. The molecule has 0 radical (unpaired) electrons. The van der Waals surface area contributed by atoms with Gasteiger partial charge in [-0.3, -0.25) is 0 Å². The van der Waals surface area contributed by atoms with Gasteiger partial charge in [-0.05, 0) is 10.9 Å². The molecule has 2 nitrogen and oxygen atoms in total. The summed E-state index contributed by atoms with van der Waals surface area (Å²) < 4.78 is 0.804. The molecule has 60 valence electrons. The van der Waals surface area contributed by atoms with E-state index in [0.717, 1.165) is 4.48 Å². The first kappa shape index (κ1) is 10.1.